The van der Waals surface area contributed by atoms with Crippen LogP contribution in [0.25, 0.3) is 0 Å². The van der Waals surface area contributed by atoms with Crippen molar-refractivity contribution in [2.75, 3.05) is 0 Å². The zero-order valence-electron chi connectivity index (χ0n) is 10.4. The van der Waals surface area contributed by atoms with Gasteiger partial charge in [-0.05, 0) is 47.0 Å². The molecular weight excluding hydrogens is 341 g/mol. The molecule has 2 rings (SSSR count). The zero-order valence-corrected chi connectivity index (χ0v) is 12.0. The fraction of sp³-hybridized carbons (Fsp3) is 0.462. The molecule has 0 aliphatic heterocycles. The van der Waals surface area contributed by atoms with Crippen molar-refractivity contribution >= 4 is 21.7 Å². The lowest BCUT2D eigenvalue weighted by molar-refractivity contribution is -0.274. The Bertz CT molecular complexity index is 502. The van der Waals surface area contributed by atoms with Crippen molar-refractivity contribution in [2.24, 2.45) is 0 Å². The van der Waals surface area contributed by atoms with Crippen LogP contribution >= 0.6 is 15.9 Å². The van der Waals surface area contributed by atoms with Gasteiger partial charge in [0.2, 0.25) is 0 Å². The van der Waals surface area contributed by atoms with Crippen molar-refractivity contribution in [3.05, 3.63) is 22.7 Å². The summed E-state index contributed by atoms with van der Waals surface area (Å²) in [5, 5.41) is 0. The number of hydrogen-bond acceptors (Lipinski definition) is 3. The van der Waals surface area contributed by atoms with Crippen LogP contribution in [0.1, 0.15) is 25.7 Å². The molecule has 0 aromatic heterocycles. The van der Waals surface area contributed by atoms with Crippen LogP contribution in [0.5, 0.6) is 11.5 Å². The number of ether oxygens (including phenoxy) is 2. The second kappa shape index (κ2) is 6.03. The van der Waals surface area contributed by atoms with Crippen LogP contribution in [0.3, 0.4) is 0 Å². The topological polar surface area (TPSA) is 35.5 Å². The Morgan fingerprint density at radius 3 is 2.65 bits per heavy atom. The average Bonchev–Trinajstić information content (AvgIpc) is 2.31. The van der Waals surface area contributed by atoms with Crippen LogP contribution in [-0.2, 0) is 4.79 Å². The van der Waals surface area contributed by atoms with Gasteiger partial charge in [0.15, 0.2) is 0 Å². The Kier molecular flexibility index (Phi) is 4.57. The fourth-order valence-corrected chi connectivity index (χ4v) is 2.48. The summed E-state index contributed by atoms with van der Waals surface area (Å²) in [6.07, 6.45) is -2.48. The maximum atomic E-state index is 12.1. The summed E-state index contributed by atoms with van der Waals surface area (Å²) in [7, 11) is 0. The molecule has 1 saturated carbocycles. The molecule has 1 aromatic carbocycles. The van der Waals surface area contributed by atoms with Crippen molar-refractivity contribution in [3.8, 4) is 11.5 Å². The highest BCUT2D eigenvalue weighted by molar-refractivity contribution is 9.10. The van der Waals surface area contributed by atoms with Crippen LogP contribution in [0.2, 0.25) is 0 Å². The number of Topliss-reactive ketones (excluding diaryl/α,β-unsaturated/α-hetero) is 1. The summed E-state index contributed by atoms with van der Waals surface area (Å²) < 4.78 is 46.0. The molecule has 1 unspecified atom stereocenters. The first kappa shape index (κ1) is 15.2. The van der Waals surface area contributed by atoms with Gasteiger partial charge in [0.1, 0.15) is 23.4 Å². The Labute approximate surface area is 122 Å². The number of alkyl halides is 3. The van der Waals surface area contributed by atoms with Gasteiger partial charge in [-0.1, -0.05) is 0 Å². The van der Waals surface area contributed by atoms with Crippen molar-refractivity contribution in [3.63, 3.8) is 0 Å². The van der Waals surface area contributed by atoms with E-state index in [2.05, 4.69) is 20.7 Å². The van der Waals surface area contributed by atoms with Gasteiger partial charge in [-0.2, -0.15) is 0 Å². The van der Waals surface area contributed by atoms with Crippen LogP contribution in [0.4, 0.5) is 13.2 Å². The van der Waals surface area contributed by atoms with Gasteiger partial charge in [-0.15, -0.1) is 13.2 Å². The molecule has 1 aliphatic rings. The maximum absolute atomic E-state index is 12.1. The van der Waals surface area contributed by atoms with Crippen LogP contribution in [0, 0.1) is 0 Å². The highest BCUT2D eigenvalue weighted by Crippen LogP contribution is 2.34. The summed E-state index contributed by atoms with van der Waals surface area (Å²) >= 11 is 3.00. The Morgan fingerprint density at radius 1 is 1.30 bits per heavy atom. The molecule has 110 valence electrons. The quantitative estimate of drug-likeness (QED) is 0.816. The highest BCUT2D eigenvalue weighted by Gasteiger charge is 2.32. The lowest BCUT2D eigenvalue weighted by Gasteiger charge is -2.22. The van der Waals surface area contributed by atoms with E-state index in [1.165, 1.54) is 18.2 Å². The first-order chi connectivity index (χ1) is 9.33. The molecule has 1 fully saturated rings. The number of rotatable bonds is 3. The van der Waals surface area contributed by atoms with Crippen molar-refractivity contribution in [1.29, 1.82) is 0 Å². The standard InChI is InChI=1S/C13H12BrF3O3/c14-11-7-10(4-5-12(11)20-13(15,16)17)19-9-3-1-2-8(18)6-9/h4-5,7,9H,1-3,6H2. The van der Waals surface area contributed by atoms with E-state index in [0.29, 0.717) is 18.6 Å². The van der Waals surface area contributed by atoms with Crippen LogP contribution < -0.4 is 9.47 Å². The summed E-state index contributed by atoms with van der Waals surface area (Å²) in [5.74, 6) is 0.230. The van der Waals surface area contributed by atoms with Crippen molar-refractivity contribution < 1.29 is 27.4 Å². The molecule has 0 bridgehead atoms. The predicted octanol–water partition coefficient (Wildman–Crippen LogP) is 4.24. The monoisotopic (exact) mass is 352 g/mol. The Morgan fingerprint density at radius 2 is 2.05 bits per heavy atom. The first-order valence-electron chi connectivity index (χ1n) is 6.07. The van der Waals surface area contributed by atoms with Crippen LogP contribution in [-0.4, -0.2) is 18.2 Å². The normalized spacial score (nSPS) is 19.8. The van der Waals surface area contributed by atoms with Gasteiger partial charge in [0.05, 0.1) is 4.47 Å². The third kappa shape index (κ3) is 4.40. The largest absolute Gasteiger partial charge is 0.573 e. The molecule has 0 N–H and O–H groups in total. The number of hydrogen-bond donors (Lipinski definition) is 0. The van der Waals surface area contributed by atoms with E-state index in [9.17, 15) is 18.0 Å². The average molecular weight is 353 g/mol. The van der Waals surface area contributed by atoms with Gasteiger partial charge in [0.25, 0.3) is 0 Å². The maximum Gasteiger partial charge on any atom is 0.573 e. The van der Waals surface area contributed by atoms with Gasteiger partial charge in [0, 0.05) is 12.8 Å². The van der Waals surface area contributed by atoms with Crippen LogP contribution in [0.15, 0.2) is 22.7 Å². The molecule has 0 amide bonds. The minimum absolute atomic E-state index is 0.148. The zero-order chi connectivity index (χ0) is 14.8. The summed E-state index contributed by atoms with van der Waals surface area (Å²) in [6, 6.07) is 3.97. The van der Waals surface area contributed by atoms with Gasteiger partial charge in [-0.25, -0.2) is 0 Å². The molecule has 0 saturated heterocycles. The SMILES string of the molecule is O=C1CCCC(Oc2ccc(OC(F)(F)F)c(Br)c2)C1. The van der Waals surface area contributed by atoms with Gasteiger partial charge in [-0.3, -0.25) is 4.79 Å². The molecule has 1 atom stereocenters. The Hall–Kier alpha value is -1.24. The molecule has 0 spiro atoms. The second-order valence-electron chi connectivity index (χ2n) is 4.51. The van der Waals surface area contributed by atoms with E-state index in [4.69, 9.17) is 4.74 Å². The molecule has 20 heavy (non-hydrogen) atoms. The molecule has 1 aromatic rings. The molecule has 3 nitrogen and oxygen atoms in total. The summed E-state index contributed by atoms with van der Waals surface area (Å²) in [5.41, 5.74) is 0. The predicted molar refractivity (Wildman–Crippen MR) is 68.7 cm³/mol. The fourth-order valence-electron chi connectivity index (χ4n) is 2.04. The molecule has 0 heterocycles. The smallest absolute Gasteiger partial charge is 0.490 e. The molecule has 7 heteroatoms. The van der Waals surface area contributed by atoms with E-state index >= 15 is 0 Å². The van der Waals surface area contributed by atoms with Gasteiger partial charge < -0.3 is 9.47 Å². The van der Waals surface area contributed by atoms with E-state index in [-0.39, 0.29) is 22.1 Å². The third-order valence-corrected chi connectivity index (χ3v) is 3.49. The molecule has 0 radical (unpaired) electrons. The second-order valence-corrected chi connectivity index (χ2v) is 5.37. The number of carbonyl (C=O) groups is 1. The van der Waals surface area contributed by atoms with E-state index in [1.54, 1.807) is 0 Å². The Balaban J connectivity index is 2.03. The number of ketones is 1. The van der Waals surface area contributed by atoms with E-state index in [1.807, 2.05) is 0 Å². The third-order valence-electron chi connectivity index (χ3n) is 2.87. The highest BCUT2D eigenvalue weighted by atomic mass is 79.9. The van der Waals surface area contributed by atoms with Crippen molar-refractivity contribution in [2.45, 2.75) is 38.1 Å². The number of halogens is 4. The lowest BCUT2D eigenvalue weighted by atomic mass is 9.96. The first-order valence-corrected chi connectivity index (χ1v) is 6.86. The number of carbonyl (C=O) groups excluding carboxylic acids is 1. The minimum atomic E-state index is -4.74. The number of benzene rings is 1. The summed E-state index contributed by atoms with van der Waals surface area (Å²) in [6.45, 7) is 0. The summed E-state index contributed by atoms with van der Waals surface area (Å²) in [4.78, 5) is 11.3. The van der Waals surface area contributed by atoms with E-state index < -0.39 is 6.36 Å². The van der Waals surface area contributed by atoms with Gasteiger partial charge >= 0.3 is 6.36 Å². The molecule has 1 aliphatic carbocycles. The van der Waals surface area contributed by atoms with Crippen molar-refractivity contribution in [1.82, 2.24) is 0 Å². The minimum Gasteiger partial charge on any atom is -0.490 e. The van der Waals surface area contributed by atoms with E-state index in [0.717, 1.165) is 12.8 Å². The molecular formula is C13H12BrF3O3. The lowest BCUT2D eigenvalue weighted by Crippen LogP contribution is -2.25.